The van der Waals surface area contributed by atoms with Crippen LogP contribution in [0.4, 0.5) is 0 Å². The minimum atomic E-state index is 0.355. The quantitative estimate of drug-likeness (QED) is 0.576. The predicted molar refractivity (Wildman–Crippen MR) is 117 cm³/mol. The summed E-state index contributed by atoms with van der Waals surface area (Å²) in [6, 6.07) is 17.9. The van der Waals surface area contributed by atoms with Gasteiger partial charge in [-0.2, -0.15) is 0 Å². The Balaban J connectivity index is 1.88. The van der Waals surface area contributed by atoms with E-state index < -0.39 is 0 Å². The topological polar surface area (TPSA) is 12.0 Å². The van der Waals surface area contributed by atoms with Gasteiger partial charge in [0.15, 0.2) is 0 Å². The van der Waals surface area contributed by atoms with Gasteiger partial charge in [-0.25, -0.2) is 0 Å². The highest BCUT2D eigenvalue weighted by atomic mass is 14.9. The molecule has 0 aliphatic carbocycles. The van der Waals surface area contributed by atoms with Crippen molar-refractivity contribution in [2.75, 3.05) is 0 Å². The number of benzene rings is 2. The van der Waals surface area contributed by atoms with Gasteiger partial charge in [-0.15, -0.1) is 5.73 Å². The number of aryl methyl sites for hydroxylation is 2. The first kappa shape index (κ1) is 19.0. The lowest BCUT2D eigenvalue weighted by Gasteiger charge is -2.26. The van der Waals surface area contributed by atoms with Crippen LogP contribution in [0.3, 0.4) is 0 Å². The van der Waals surface area contributed by atoms with Gasteiger partial charge in [0.05, 0.1) is 0 Å². The maximum atomic E-state index is 3.79. The van der Waals surface area contributed by atoms with Gasteiger partial charge >= 0.3 is 0 Å². The smallest absolute Gasteiger partial charge is 0.0497 e. The van der Waals surface area contributed by atoms with E-state index in [2.05, 4.69) is 99.1 Å². The fourth-order valence-corrected chi connectivity index (χ4v) is 3.38. The average Bonchev–Trinajstić information content (AvgIpc) is 2.69. The van der Waals surface area contributed by atoms with Crippen LogP contribution in [0.25, 0.3) is 11.3 Å². The van der Waals surface area contributed by atoms with E-state index in [0.717, 1.165) is 19.3 Å². The highest BCUT2D eigenvalue weighted by Gasteiger charge is 2.18. The van der Waals surface area contributed by atoms with Gasteiger partial charge in [0, 0.05) is 17.3 Å². The van der Waals surface area contributed by atoms with Crippen molar-refractivity contribution < 1.29 is 0 Å². The van der Waals surface area contributed by atoms with E-state index in [1.165, 1.54) is 39.1 Å². The molecule has 1 N–H and O–H groups in total. The van der Waals surface area contributed by atoms with Crippen molar-refractivity contribution in [1.29, 1.82) is 0 Å². The molecule has 0 bridgehead atoms. The third kappa shape index (κ3) is 4.90. The van der Waals surface area contributed by atoms with Crippen LogP contribution in [0.1, 0.15) is 48.4 Å². The molecule has 0 aromatic heterocycles. The van der Waals surface area contributed by atoms with E-state index in [-0.39, 0.29) is 0 Å². The number of rotatable bonds is 6. The van der Waals surface area contributed by atoms with Crippen LogP contribution in [0.5, 0.6) is 0 Å². The van der Waals surface area contributed by atoms with Gasteiger partial charge in [0.1, 0.15) is 0 Å². The third-order valence-electron chi connectivity index (χ3n) is 5.17. The molecule has 1 aliphatic rings. The van der Waals surface area contributed by atoms with Crippen molar-refractivity contribution in [3.63, 3.8) is 0 Å². The van der Waals surface area contributed by atoms with E-state index >= 15 is 0 Å². The molecule has 138 valence electrons. The molecule has 0 amide bonds. The van der Waals surface area contributed by atoms with Crippen LogP contribution in [0, 0.1) is 13.8 Å². The molecular weight excluding hydrogens is 326 g/mol. The predicted octanol–water partition coefficient (Wildman–Crippen LogP) is 6.60. The molecule has 3 rings (SSSR count). The second-order valence-corrected chi connectivity index (χ2v) is 7.48. The molecule has 2 aromatic carbocycles. The Morgan fingerprint density at radius 1 is 0.963 bits per heavy atom. The van der Waals surface area contributed by atoms with Crippen LogP contribution < -0.4 is 5.32 Å². The van der Waals surface area contributed by atoms with Crippen molar-refractivity contribution in [2.24, 2.45) is 0 Å². The zero-order valence-electron chi connectivity index (χ0n) is 16.7. The molecule has 0 saturated carbocycles. The normalized spacial score (nSPS) is 16.0. The van der Waals surface area contributed by atoms with Gasteiger partial charge < -0.3 is 5.32 Å². The SMILES string of the molecule is C=C=C(C)CCCC1C=CC(c2ccc(C)cc2)=C(c2ccc(C)cc2)N1. The van der Waals surface area contributed by atoms with Crippen molar-refractivity contribution in [2.45, 2.75) is 46.1 Å². The van der Waals surface area contributed by atoms with Crippen LogP contribution in [0.15, 0.2) is 78.6 Å². The molecule has 1 heterocycles. The van der Waals surface area contributed by atoms with Gasteiger partial charge in [-0.1, -0.05) is 78.4 Å². The summed E-state index contributed by atoms with van der Waals surface area (Å²) in [5, 5.41) is 3.79. The van der Waals surface area contributed by atoms with E-state index in [4.69, 9.17) is 0 Å². The Morgan fingerprint density at radius 3 is 2.15 bits per heavy atom. The molecule has 0 spiro atoms. The number of hydrogen-bond acceptors (Lipinski definition) is 1. The second kappa shape index (κ2) is 8.75. The summed E-state index contributed by atoms with van der Waals surface area (Å²) in [6.07, 6.45) is 7.89. The van der Waals surface area contributed by atoms with Gasteiger partial charge in [-0.3, -0.25) is 0 Å². The molecule has 0 radical (unpaired) electrons. The highest BCUT2D eigenvalue weighted by Crippen LogP contribution is 2.30. The lowest BCUT2D eigenvalue weighted by molar-refractivity contribution is 0.608. The van der Waals surface area contributed by atoms with Crippen molar-refractivity contribution in [1.82, 2.24) is 5.32 Å². The van der Waals surface area contributed by atoms with E-state index in [0.29, 0.717) is 6.04 Å². The summed E-state index contributed by atoms with van der Waals surface area (Å²) in [5.74, 6) is 0. The van der Waals surface area contributed by atoms with Crippen LogP contribution in [-0.2, 0) is 0 Å². The minimum absolute atomic E-state index is 0.355. The van der Waals surface area contributed by atoms with E-state index in [1.54, 1.807) is 0 Å². The lowest BCUT2D eigenvalue weighted by atomic mass is 9.93. The average molecular weight is 356 g/mol. The largest absolute Gasteiger partial charge is 0.378 e. The van der Waals surface area contributed by atoms with Crippen molar-refractivity contribution in [3.8, 4) is 0 Å². The Hall–Kier alpha value is -2.76. The number of nitrogens with one attached hydrogen (secondary N) is 1. The van der Waals surface area contributed by atoms with Crippen LogP contribution in [-0.4, -0.2) is 6.04 Å². The summed E-state index contributed by atoms with van der Waals surface area (Å²) in [7, 11) is 0. The fraction of sp³-hybridized carbons (Fsp3) is 0.269. The summed E-state index contributed by atoms with van der Waals surface area (Å²) >= 11 is 0. The standard InChI is InChI=1S/C26H29N/c1-5-19(2)7-6-8-24-17-18-25(22-13-9-20(3)10-14-22)26(27-24)23-15-11-21(4)12-16-23/h9-18,24,27H,1,6-8H2,2-4H3. The first-order chi connectivity index (χ1) is 13.1. The van der Waals surface area contributed by atoms with Crippen molar-refractivity contribution >= 4 is 11.3 Å². The monoisotopic (exact) mass is 355 g/mol. The number of allylic oxidation sites excluding steroid dienone is 3. The summed E-state index contributed by atoms with van der Waals surface area (Å²) in [5.41, 5.74) is 11.8. The third-order valence-corrected chi connectivity index (χ3v) is 5.17. The van der Waals surface area contributed by atoms with E-state index in [1.807, 2.05) is 0 Å². The summed E-state index contributed by atoms with van der Waals surface area (Å²) < 4.78 is 0. The fourth-order valence-electron chi connectivity index (χ4n) is 3.38. The Kier molecular flexibility index (Phi) is 6.16. The Bertz CT molecular complexity index is 888. The first-order valence-electron chi connectivity index (χ1n) is 9.75. The van der Waals surface area contributed by atoms with Gasteiger partial charge in [0.2, 0.25) is 0 Å². The number of dihydropyridines is 1. The second-order valence-electron chi connectivity index (χ2n) is 7.48. The lowest BCUT2D eigenvalue weighted by Crippen LogP contribution is -2.29. The summed E-state index contributed by atoms with van der Waals surface area (Å²) in [6.45, 7) is 10.1. The molecule has 0 saturated heterocycles. The zero-order valence-corrected chi connectivity index (χ0v) is 16.7. The Labute approximate surface area is 163 Å². The molecule has 27 heavy (non-hydrogen) atoms. The van der Waals surface area contributed by atoms with E-state index in [9.17, 15) is 0 Å². The zero-order chi connectivity index (χ0) is 19.2. The van der Waals surface area contributed by atoms with Crippen molar-refractivity contribution in [3.05, 3.63) is 101 Å². The molecule has 1 heteroatoms. The van der Waals surface area contributed by atoms with Gasteiger partial charge in [0.25, 0.3) is 0 Å². The number of hydrogen-bond donors (Lipinski definition) is 1. The first-order valence-corrected chi connectivity index (χ1v) is 9.75. The molecule has 1 atom stereocenters. The molecule has 2 aromatic rings. The maximum absolute atomic E-state index is 3.79. The van der Waals surface area contributed by atoms with Crippen LogP contribution >= 0.6 is 0 Å². The molecule has 1 nitrogen and oxygen atoms in total. The minimum Gasteiger partial charge on any atom is -0.378 e. The maximum Gasteiger partial charge on any atom is 0.0497 e. The molecular formula is C26H29N. The molecule has 0 fully saturated rings. The summed E-state index contributed by atoms with van der Waals surface area (Å²) in [4.78, 5) is 0. The highest BCUT2D eigenvalue weighted by molar-refractivity contribution is 5.96. The van der Waals surface area contributed by atoms with Gasteiger partial charge in [-0.05, 0) is 56.7 Å². The van der Waals surface area contributed by atoms with Crippen LogP contribution in [0.2, 0.25) is 0 Å². The molecule has 1 unspecified atom stereocenters. The molecule has 1 aliphatic heterocycles. The Morgan fingerprint density at radius 2 is 1.56 bits per heavy atom.